The van der Waals surface area contributed by atoms with Crippen molar-refractivity contribution in [2.75, 3.05) is 37.4 Å². The number of ether oxygens (including phenoxy) is 1. The fourth-order valence-electron chi connectivity index (χ4n) is 4.89. The van der Waals surface area contributed by atoms with Crippen molar-refractivity contribution in [1.82, 2.24) is 15.0 Å². The summed E-state index contributed by atoms with van der Waals surface area (Å²) in [5.41, 5.74) is 2.86. The zero-order chi connectivity index (χ0) is 30.6. The molecule has 0 radical (unpaired) electrons. The molecular weight excluding hydrogens is 542 g/mol. The van der Waals surface area contributed by atoms with Gasteiger partial charge in [0.25, 0.3) is 5.91 Å². The predicted octanol–water partition coefficient (Wildman–Crippen LogP) is 3.99. The Balaban J connectivity index is 1.55. The van der Waals surface area contributed by atoms with Gasteiger partial charge in [0.05, 0.1) is 23.8 Å². The molecule has 3 aromatic rings. The summed E-state index contributed by atoms with van der Waals surface area (Å²) >= 11 is 0. The number of hydrogen-bond acceptors (Lipinski definition) is 8. The topological polar surface area (TPSA) is 157 Å². The van der Waals surface area contributed by atoms with Gasteiger partial charge in [-0.25, -0.2) is 9.59 Å². The molecule has 4 rings (SSSR count). The third kappa shape index (κ3) is 7.07. The Morgan fingerprint density at radius 3 is 2.50 bits per heavy atom. The maximum atomic E-state index is 13.7. The minimum atomic E-state index is -0.971. The van der Waals surface area contributed by atoms with Gasteiger partial charge in [0.1, 0.15) is 23.2 Å². The molecular formula is C30H37N5O7. The van der Waals surface area contributed by atoms with Gasteiger partial charge in [-0.15, -0.1) is 0 Å². The van der Waals surface area contributed by atoms with Crippen LogP contribution in [0.4, 0.5) is 16.2 Å². The molecule has 0 aliphatic carbocycles. The number of carboxylic acid groups (broad SMARTS) is 1. The van der Waals surface area contributed by atoms with Crippen molar-refractivity contribution in [1.29, 1.82) is 0 Å². The van der Waals surface area contributed by atoms with Gasteiger partial charge in [-0.05, 0) is 63.7 Å². The molecule has 0 fully saturated rings. The van der Waals surface area contributed by atoms with Crippen LogP contribution in [-0.2, 0) is 6.54 Å². The second-order valence-corrected chi connectivity index (χ2v) is 10.8. The highest BCUT2D eigenvalue weighted by molar-refractivity contribution is 6.03. The Labute approximate surface area is 244 Å². The van der Waals surface area contributed by atoms with Crippen LogP contribution in [0, 0.1) is 19.8 Å². The number of aryl methyl sites for hydroxylation is 2. The van der Waals surface area contributed by atoms with Crippen molar-refractivity contribution in [2.24, 2.45) is 5.92 Å². The number of carbonyl (C=O) groups excluding carboxylic acids is 2. The van der Waals surface area contributed by atoms with Crippen molar-refractivity contribution in [3.8, 4) is 5.75 Å². The monoisotopic (exact) mass is 579 g/mol. The van der Waals surface area contributed by atoms with Gasteiger partial charge in [0.2, 0.25) is 0 Å². The number of anilines is 2. The van der Waals surface area contributed by atoms with Crippen LogP contribution in [0.1, 0.15) is 51.6 Å². The van der Waals surface area contributed by atoms with Crippen LogP contribution in [0.3, 0.4) is 0 Å². The van der Waals surface area contributed by atoms with E-state index in [4.69, 9.17) is 14.4 Å². The van der Waals surface area contributed by atoms with Crippen LogP contribution in [0.2, 0.25) is 0 Å². The lowest BCUT2D eigenvalue weighted by Gasteiger charge is -2.38. The summed E-state index contributed by atoms with van der Waals surface area (Å²) in [6, 6.07) is 10.7. The number of amides is 3. The maximum Gasteiger partial charge on any atom is 0.335 e. The second kappa shape index (κ2) is 13.0. The Morgan fingerprint density at radius 2 is 1.88 bits per heavy atom. The fourth-order valence-corrected chi connectivity index (χ4v) is 4.89. The number of carboxylic acids is 1. The van der Waals surface area contributed by atoms with Gasteiger partial charge in [-0.1, -0.05) is 24.2 Å². The van der Waals surface area contributed by atoms with E-state index in [-0.39, 0.29) is 35.7 Å². The average molecular weight is 580 g/mol. The third-order valence-corrected chi connectivity index (χ3v) is 7.34. The Hall–Kier alpha value is -4.42. The minimum absolute atomic E-state index is 0.0773. The average Bonchev–Trinajstić information content (AvgIpc) is 3.27. The first kappa shape index (κ1) is 30.5. The van der Waals surface area contributed by atoms with Crippen molar-refractivity contribution in [3.63, 3.8) is 0 Å². The summed E-state index contributed by atoms with van der Waals surface area (Å²) < 4.78 is 11.5. The van der Waals surface area contributed by atoms with E-state index in [0.717, 1.165) is 5.56 Å². The number of hydrogen-bond donors (Lipinski definition) is 4. The summed E-state index contributed by atoms with van der Waals surface area (Å²) in [6.07, 6.45) is -0.310. The summed E-state index contributed by atoms with van der Waals surface area (Å²) in [6.45, 7) is 8.44. The van der Waals surface area contributed by atoms with E-state index in [1.807, 2.05) is 14.0 Å². The number of nitrogens with one attached hydrogen (secondary N) is 2. The number of aliphatic hydroxyl groups is 1. The van der Waals surface area contributed by atoms with Gasteiger partial charge in [0, 0.05) is 31.2 Å². The van der Waals surface area contributed by atoms with Crippen molar-refractivity contribution < 1.29 is 33.9 Å². The molecule has 0 unspecified atom stereocenters. The fraction of sp³-hybridized carbons (Fsp3) is 0.400. The van der Waals surface area contributed by atoms with Crippen molar-refractivity contribution >= 4 is 29.3 Å². The maximum absolute atomic E-state index is 13.7. The van der Waals surface area contributed by atoms with Crippen LogP contribution in [0.25, 0.3) is 0 Å². The Bertz CT molecular complexity index is 1420. The van der Waals surface area contributed by atoms with Crippen LogP contribution in [-0.4, -0.2) is 82.0 Å². The number of urea groups is 1. The number of rotatable bonds is 9. The highest BCUT2D eigenvalue weighted by atomic mass is 16.5. The Morgan fingerprint density at radius 1 is 1.17 bits per heavy atom. The molecule has 12 heteroatoms. The number of carbonyl (C=O) groups is 3. The molecule has 0 saturated carbocycles. The number of aliphatic hydroxyl groups excluding tert-OH is 1. The molecule has 1 aromatic heterocycles. The molecule has 2 heterocycles. The molecule has 0 spiro atoms. The highest BCUT2D eigenvalue weighted by Crippen LogP contribution is 2.31. The largest absolute Gasteiger partial charge is 0.488 e. The molecule has 224 valence electrons. The van der Waals surface area contributed by atoms with Crippen LogP contribution >= 0.6 is 0 Å². The van der Waals surface area contributed by atoms with Crippen LogP contribution in [0.5, 0.6) is 5.75 Å². The number of fused-ring (bicyclic) bond motifs is 1. The molecule has 42 heavy (non-hydrogen) atoms. The SMILES string of the molecule is Cc1noc(C)c1NC(=O)Nc1ccc2c(c1)C(=O)N([C@H](C)CO)C[C@@H](C)[C@@H](CN(C)Cc1ccc(C(=O)O)cc1)O2. The van der Waals surface area contributed by atoms with Crippen molar-refractivity contribution in [3.05, 3.63) is 70.6 Å². The van der Waals surface area contributed by atoms with Gasteiger partial charge in [-0.3, -0.25) is 9.69 Å². The number of nitrogens with zero attached hydrogens (tertiary/aromatic N) is 3. The zero-order valence-electron chi connectivity index (χ0n) is 24.4. The van der Waals surface area contributed by atoms with E-state index in [0.29, 0.717) is 48.2 Å². The van der Waals surface area contributed by atoms with E-state index in [2.05, 4.69) is 20.7 Å². The van der Waals surface area contributed by atoms with Crippen LogP contribution in [0.15, 0.2) is 47.0 Å². The molecule has 1 aliphatic rings. The zero-order valence-corrected chi connectivity index (χ0v) is 24.4. The summed E-state index contributed by atoms with van der Waals surface area (Å²) in [5, 5.41) is 28.4. The van der Waals surface area contributed by atoms with Gasteiger partial charge in [0.15, 0.2) is 5.76 Å². The van der Waals surface area contributed by atoms with Gasteiger partial charge >= 0.3 is 12.0 Å². The Kier molecular flexibility index (Phi) is 9.48. The normalized spacial score (nSPS) is 17.6. The van der Waals surface area contributed by atoms with Gasteiger partial charge < -0.3 is 35.0 Å². The number of aromatic carboxylic acids is 1. The quantitative estimate of drug-likeness (QED) is 0.294. The first-order valence-electron chi connectivity index (χ1n) is 13.7. The summed E-state index contributed by atoms with van der Waals surface area (Å²) in [7, 11) is 1.95. The number of aromatic nitrogens is 1. The molecule has 12 nitrogen and oxygen atoms in total. The highest BCUT2D eigenvalue weighted by Gasteiger charge is 2.33. The van der Waals surface area contributed by atoms with E-state index < -0.39 is 18.0 Å². The number of benzene rings is 2. The molecule has 0 saturated heterocycles. The smallest absolute Gasteiger partial charge is 0.335 e. The molecule has 2 aromatic carbocycles. The number of likely N-dealkylation sites (N-methyl/N-ethyl adjacent to an activating group) is 1. The summed E-state index contributed by atoms with van der Waals surface area (Å²) in [5.74, 6) is -0.505. The van der Waals surface area contributed by atoms with E-state index in [1.165, 1.54) is 0 Å². The van der Waals surface area contributed by atoms with Crippen molar-refractivity contribution in [2.45, 2.75) is 46.4 Å². The standard InChI is InChI=1S/C30H37N5O7/c1-17-13-35(18(2)16-36)28(37)24-12-23(31-30(40)32-27-19(3)33-42-20(27)4)10-11-25(24)41-26(17)15-34(5)14-21-6-8-22(9-7-21)29(38)39/h6-12,17-18,26,36H,13-16H2,1-5H3,(H,38,39)(H2,31,32,40)/t17-,18-,26-/m1/s1. The molecule has 4 N–H and O–H groups in total. The lowest BCUT2D eigenvalue weighted by Crippen LogP contribution is -2.49. The molecule has 0 bridgehead atoms. The summed E-state index contributed by atoms with van der Waals surface area (Å²) in [4.78, 5) is 41.3. The van der Waals surface area contributed by atoms with E-state index in [9.17, 15) is 19.5 Å². The van der Waals surface area contributed by atoms with E-state index >= 15 is 0 Å². The second-order valence-electron chi connectivity index (χ2n) is 10.8. The minimum Gasteiger partial charge on any atom is -0.488 e. The molecule has 3 atom stereocenters. The third-order valence-electron chi connectivity index (χ3n) is 7.34. The molecule has 3 amide bonds. The lowest BCUT2D eigenvalue weighted by molar-refractivity contribution is 0.0341. The lowest BCUT2D eigenvalue weighted by atomic mass is 9.99. The predicted molar refractivity (Wildman–Crippen MR) is 156 cm³/mol. The molecule has 1 aliphatic heterocycles. The first-order valence-corrected chi connectivity index (χ1v) is 13.7. The van der Waals surface area contributed by atoms with Crippen LogP contribution < -0.4 is 15.4 Å². The first-order chi connectivity index (χ1) is 20.0. The van der Waals surface area contributed by atoms with Gasteiger partial charge in [-0.2, -0.15) is 0 Å². The van der Waals surface area contributed by atoms with E-state index in [1.54, 1.807) is 68.1 Å².